The number of amides is 1. The van der Waals surface area contributed by atoms with Crippen molar-refractivity contribution in [3.8, 4) is 5.75 Å². The first-order valence-electron chi connectivity index (χ1n) is 9.20. The molecule has 0 bridgehead atoms. The molecule has 0 unspecified atom stereocenters. The van der Waals surface area contributed by atoms with Gasteiger partial charge in [0.25, 0.3) is 5.91 Å². The fourth-order valence-electron chi connectivity index (χ4n) is 4.40. The van der Waals surface area contributed by atoms with Crippen molar-refractivity contribution in [1.82, 2.24) is 4.90 Å². The molecule has 5 nitrogen and oxygen atoms in total. The molecule has 6 heteroatoms. The van der Waals surface area contributed by atoms with E-state index >= 15 is 0 Å². The van der Waals surface area contributed by atoms with Crippen LogP contribution in [0.1, 0.15) is 30.0 Å². The highest BCUT2D eigenvalue weighted by molar-refractivity contribution is 5.78. The van der Waals surface area contributed by atoms with E-state index in [1.807, 2.05) is 24.3 Å². The molecule has 4 rings (SSSR count). The van der Waals surface area contributed by atoms with Crippen LogP contribution < -0.4 is 10.5 Å². The minimum Gasteiger partial charge on any atom is -0.484 e. The van der Waals surface area contributed by atoms with Crippen molar-refractivity contribution in [2.75, 3.05) is 19.7 Å². The van der Waals surface area contributed by atoms with Crippen LogP contribution in [-0.4, -0.2) is 41.7 Å². The number of hydrogen-bond donors (Lipinski definition) is 2. The van der Waals surface area contributed by atoms with Crippen LogP contribution in [0.4, 0.5) is 4.39 Å². The van der Waals surface area contributed by atoms with Gasteiger partial charge in [0.05, 0.1) is 12.1 Å². The number of benzene rings is 2. The van der Waals surface area contributed by atoms with Gasteiger partial charge in [-0.2, -0.15) is 0 Å². The van der Waals surface area contributed by atoms with Crippen molar-refractivity contribution in [3.05, 3.63) is 65.5 Å². The topological polar surface area (TPSA) is 75.8 Å². The first kappa shape index (κ1) is 17.9. The summed E-state index contributed by atoms with van der Waals surface area (Å²) in [5.41, 5.74) is 7.97. The number of rotatable bonds is 3. The highest BCUT2D eigenvalue weighted by Gasteiger charge is 2.51. The number of aliphatic hydroxyl groups is 1. The van der Waals surface area contributed by atoms with Gasteiger partial charge in [0.15, 0.2) is 6.61 Å². The van der Waals surface area contributed by atoms with E-state index in [9.17, 15) is 14.3 Å². The van der Waals surface area contributed by atoms with Crippen LogP contribution in [-0.2, 0) is 10.2 Å². The van der Waals surface area contributed by atoms with Gasteiger partial charge in [0.1, 0.15) is 11.6 Å². The Labute approximate surface area is 157 Å². The van der Waals surface area contributed by atoms with E-state index in [2.05, 4.69) is 0 Å². The molecule has 2 atom stereocenters. The molecule has 2 aliphatic rings. The Hall–Kier alpha value is -2.44. The van der Waals surface area contributed by atoms with Crippen molar-refractivity contribution < 1.29 is 19.0 Å². The summed E-state index contributed by atoms with van der Waals surface area (Å²) >= 11 is 0. The smallest absolute Gasteiger partial charge is 0.260 e. The maximum absolute atomic E-state index is 12.9. The largest absolute Gasteiger partial charge is 0.484 e. The van der Waals surface area contributed by atoms with Crippen molar-refractivity contribution in [2.45, 2.75) is 30.4 Å². The number of nitrogens with two attached hydrogens (primary N) is 1. The third kappa shape index (κ3) is 3.09. The van der Waals surface area contributed by atoms with E-state index in [1.54, 1.807) is 4.90 Å². The fourth-order valence-corrected chi connectivity index (χ4v) is 4.40. The number of fused-ring (bicyclic) bond motifs is 2. The lowest BCUT2D eigenvalue weighted by molar-refractivity contribution is -0.135. The minimum atomic E-state index is -0.636. The normalized spacial score (nSPS) is 23.3. The molecule has 1 fully saturated rings. The Bertz CT molecular complexity index is 832. The summed E-state index contributed by atoms with van der Waals surface area (Å²) in [6, 6.07) is 13.1. The number of aliphatic hydroxyl groups excluding tert-OH is 1. The molecular weight excluding hydrogens is 347 g/mol. The van der Waals surface area contributed by atoms with Crippen LogP contribution in [0.15, 0.2) is 48.5 Å². The zero-order valence-corrected chi connectivity index (χ0v) is 15.0. The lowest BCUT2D eigenvalue weighted by Gasteiger charge is -2.42. The lowest BCUT2D eigenvalue weighted by atomic mass is 9.72. The Morgan fingerprint density at radius 3 is 2.56 bits per heavy atom. The highest BCUT2D eigenvalue weighted by atomic mass is 19.1. The molecule has 1 amide bonds. The quantitative estimate of drug-likeness (QED) is 0.868. The summed E-state index contributed by atoms with van der Waals surface area (Å²) in [5, 5.41) is 10.8. The van der Waals surface area contributed by atoms with Crippen molar-refractivity contribution in [1.29, 1.82) is 0 Å². The third-order valence-corrected chi connectivity index (χ3v) is 5.95. The molecular formula is C21H23FN2O3. The molecule has 2 aromatic carbocycles. The van der Waals surface area contributed by atoms with E-state index in [-0.39, 0.29) is 29.8 Å². The van der Waals surface area contributed by atoms with Crippen molar-refractivity contribution in [3.63, 3.8) is 0 Å². The number of nitrogens with zero attached hydrogens (tertiary/aromatic N) is 1. The molecule has 0 radical (unpaired) electrons. The van der Waals surface area contributed by atoms with Crippen molar-refractivity contribution in [2.24, 2.45) is 5.73 Å². The SMILES string of the molecule is N[C@@H]1c2ccccc2C2(CCN(C(=O)COc3ccc(F)cc3)CC2)[C@H]1O. The number of carbonyl (C=O) groups is 1. The maximum atomic E-state index is 12.9. The third-order valence-electron chi connectivity index (χ3n) is 5.95. The molecule has 27 heavy (non-hydrogen) atoms. The Morgan fingerprint density at radius 2 is 1.85 bits per heavy atom. The van der Waals surface area contributed by atoms with Gasteiger partial charge < -0.3 is 20.5 Å². The van der Waals surface area contributed by atoms with Gasteiger partial charge in [0, 0.05) is 18.5 Å². The van der Waals surface area contributed by atoms with Gasteiger partial charge >= 0.3 is 0 Å². The molecule has 1 aliphatic heterocycles. The van der Waals surface area contributed by atoms with Crippen LogP contribution in [0.2, 0.25) is 0 Å². The second-order valence-corrected chi connectivity index (χ2v) is 7.34. The molecule has 3 N–H and O–H groups in total. The average molecular weight is 370 g/mol. The van der Waals surface area contributed by atoms with Gasteiger partial charge in [-0.3, -0.25) is 4.79 Å². The van der Waals surface area contributed by atoms with Gasteiger partial charge in [-0.05, 0) is 48.2 Å². The highest BCUT2D eigenvalue weighted by Crippen LogP contribution is 2.49. The van der Waals surface area contributed by atoms with Gasteiger partial charge in [-0.1, -0.05) is 24.3 Å². The molecule has 1 heterocycles. The first-order valence-corrected chi connectivity index (χ1v) is 9.20. The number of piperidine rings is 1. The molecule has 1 aliphatic carbocycles. The zero-order chi connectivity index (χ0) is 19.0. The summed E-state index contributed by atoms with van der Waals surface area (Å²) < 4.78 is 18.4. The second kappa shape index (κ2) is 6.94. The summed E-state index contributed by atoms with van der Waals surface area (Å²) in [4.78, 5) is 14.2. The summed E-state index contributed by atoms with van der Waals surface area (Å²) in [5.74, 6) is 0.00667. The average Bonchev–Trinajstić information content (AvgIpc) is 2.90. The molecule has 0 aromatic heterocycles. The molecule has 142 valence electrons. The monoisotopic (exact) mass is 370 g/mol. The first-order chi connectivity index (χ1) is 13.0. The maximum Gasteiger partial charge on any atom is 0.260 e. The molecule has 2 aromatic rings. The van der Waals surface area contributed by atoms with E-state index < -0.39 is 6.10 Å². The Kier molecular flexibility index (Phi) is 4.61. The van der Waals surface area contributed by atoms with Gasteiger partial charge in [-0.25, -0.2) is 4.39 Å². The number of likely N-dealkylation sites (tertiary alicyclic amines) is 1. The van der Waals surface area contributed by atoms with Crippen molar-refractivity contribution >= 4 is 5.91 Å². The summed E-state index contributed by atoms with van der Waals surface area (Å²) in [7, 11) is 0. The van der Waals surface area contributed by atoms with E-state index in [0.29, 0.717) is 31.7 Å². The Morgan fingerprint density at radius 1 is 1.19 bits per heavy atom. The fraction of sp³-hybridized carbons (Fsp3) is 0.381. The lowest BCUT2D eigenvalue weighted by Crippen LogP contribution is -2.51. The van der Waals surface area contributed by atoms with Gasteiger partial charge in [-0.15, -0.1) is 0 Å². The zero-order valence-electron chi connectivity index (χ0n) is 15.0. The predicted molar refractivity (Wildman–Crippen MR) is 98.8 cm³/mol. The number of carbonyl (C=O) groups excluding carboxylic acids is 1. The molecule has 0 saturated carbocycles. The van der Waals surface area contributed by atoms with E-state index in [1.165, 1.54) is 24.3 Å². The number of hydrogen-bond acceptors (Lipinski definition) is 4. The summed E-state index contributed by atoms with van der Waals surface area (Å²) in [6.07, 6.45) is 0.699. The van der Waals surface area contributed by atoms with Gasteiger partial charge in [0.2, 0.25) is 0 Å². The van der Waals surface area contributed by atoms with E-state index in [4.69, 9.17) is 10.5 Å². The van der Waals surface area contributed by atoms with E-state index in [0.717, 1.165) is 11.1 Å². The van der Waals surface area contributed by atoms with Crippen LogP contribution in [0.25, 0.3) is 0 Å². The van der Waals surface area contributed by atoms with Crippen LogP contribution in [0, 0.1) is 5.82 Å². The number of ether oxygens (including phenoxy) is 1. The predicted octanol–water partition coefficient (Wildman–Crippen LogP) is 2.14. The van der Waals surface area contributed by atoms with Crippen LogP contribution in [0.3, 0.4) is 0 Å². The Balaban J connectivity index is 1.40. The standard InChI is InChI=1S/C21H23FN2O3/c22-14-5-7-15(8-6-14)27-13-18(25)24-11-9-21(10-12-24)17-4-2-1-3-16(17)19(23)20(21)26/h1-8,19-20,26H,9-13,23H2/t19-,20+/m1/s1. The second-order valence-electron chi connectivity index (χ2n) is 7.34. The van der Waals surface area contributed by atoms with Crippen LogP contribution >= 0.6 is 0 Å². The number of halogens is 1. The molecule has 1 saturated heterocycles. The summed E-state index contributed by atoms with van der Waals surface area (Å²) in [6.45, 7) is 1.00. The van der Waals surface area contributed by atoms with Crippen LogP contribution in [0.5, 0.6) is 5.75 Å². The minimum absolute atomic E-state index is 0.0860. The molecule has 1 spiro atoms.